The van der Waals surface area contributed by atoms with Gasteiger partial charge in [0.05, 0.1) is 16.2 Å². The fraction of sp³-hybridized carbons (Fsp3) is 0.267. The fourth-order valence-corrected chi connectivity index (χ4v) is 6.01. The molecule has 8 heteroatoms. The lowest BCUT2D eigenvalue weighted by molar-refractivity contribution is -0.137. The molecule has 2 heterocycles. The summed E-state index contributed by atoms with van der Waals surface area (Å²) in [7, 11) is 1.64. The molecule has 0 N–H and O–H groups in total. The number of likely N-dealkylation sites (tertiary alicyclic amines) is 1. The second-order valence-corrected chi connectivity index (χ2v) is 10.8. The van der Waals surface area contributed by atoms with Gasteiger partial charge in [0, 0.05) is 30.6 Å². The van der Waals surface area contributed by atoms with Gasteiger partial charge in [-0.3, -0.25) is 9.59 Å². The quantitative estimate of drug-likeness (QED) is 0.340. The molecular formula is C30H27F3N2O2S. The van der Waals surface area contributed by atoms with Gasteiger partial charge in [0.1, 0.15) is 0 Å². The Balaban J connectivity index is 1.26. The topological polar surface area (TPSA) is 40.6 Å². The summed E-state index contributed by atoms with van der Waals surface area (Å²) in [6.07, 6.45) is 0.114. The summed E-state index contributed by atoms with van der Waals surface area (Å²) in [5, 5.41) is 0. The Morgan fingerprint density at radius 3 is 2.34 bits per heavy atom. The van der Waals surface area contributed by atoms with Crippen LogP contribution in [0.5, 0.6) is 0 Å². The van der Waals surface area contributed by atoms with Crippen LogP contribution < -0.4 is 4.90 Å². The predicted octanol–water partition coefficient (Wildman–Crippen LogP) is 6.91. The predicted molar refractivity (Wildman–Crippen MR) is 144 cm³/mol. The lowest BCUT2D eigenvalue weighted by Crippen LogP contribution is -2.39. The van der Waals surface area contributed by atoms with Crippen molar-refractivity contribution in [1.29, 1.82) is 0 Å². The molecule has 1 fully saturated rings. The maximum atomic E-state index is 13.3. The first-order valence-corrected chi connectivity index (χ1v) is 13.3. The van der Waals surface area contributed by atoms with Crippen LogP contribution in [0.15, 0.2) is 82.6 Å². The Hall–Kier alpha value is -3.52. The smallest absolute Gasteiger partial charge is 0.339 e. The molecule has 4 nitrogen and oxygen atoms in total. The highest BCUT2D eigenvalue weighted by atomic mass is 32.2. The molecule has 0 unspecified atom stereocenters. The van der Waals surface area contributed by atoms with Crippen molar-refractivity contribution in [3.8, 4) is 0 Å². The zero-order valence-electron chi connectivity index (χ0n) is 20.9. The number of halogens is 3. The third-order valence-corrected chi connectivity index (χ3v) is 8.18. The van der Waals surface area contributed by atoms with E-state index in [0.717, 1.165) is 36.3 Å². The molecule has 38 heavy (non-hydrogen) atoms. The van der Waals surface area contributed by atoms with Gasteiger partial charge in [0.25, 0.3) is 11.8 Å². The summed E-state index contributed by atoms with van der Waals surface area (Å²) in [6, 6.07) is 20.5. The molecule has 2 amide bonds. The SMILES string of the molecule is CN1C(=O)/C(=C/c2ccc(C(F)(F)F)cc2)Sc2ccc(C(=O)N3CCC(Cc4ccccc4)CC3)cc21. The molecule has 0 atom stereocenters. The number of fused-ring (bicyclic) bond motifs is 1. The first kappa shape index (κ1) is 26.1. The van der Waals surface area contributed by atoms with Crippen molar-refractivity contribution in [2.45, 2.75) is 30.3 Å². The molecule has 0 aromatic heterocycles. The van der Waals surface area contributed by atoms with Gasteiger partial charge in [-0.15, -0.1) is 0 Å². The molecule has 0 radical (unpaired) electrons. The van der Waals surface area contributed by atoms with E-state index in [-0.39, 0.29) is 11.8 Å². The van der Waals surface area contributed by atoms with Crippen molar-refractivity contribution in [1.82, 2.24) is 4.90 Å². The van der Waals surface area contributed by atoms with E-state index in [0.29, 0.717) is 40.7 Å². The fourth-order valence-electron chi connectivity index (χ4n) is 4.92. The number of carbonyl (C=O) groups is 2. The van der Waals surface area contributed by atoms with E-state index in [4.69, 9.17) is 0 Å². The number of amides is 2. The number of likely N-dealkylation sites (N-methyl/N-ethyl adjacent to an activating group) is 1. The minimum atomic E-state index is -4.41. The number of thioether (sulfide) groups is 1. The Kier molecular flexibility index (Phi) is 7.34. The van der Waals surface area contributed by atoms with E-state index in [1.807, 2.05) is 17.0 Å². The van der Waals surface area contributed by atoms with Crippen LogP contribution in [0.2, 0.25) is 0 Å². The van der Waals surface area contributed by atoms with Crippen molar-refractivity contribution in [2.75, 3.05) is 25.0 Å². The average Bonchev–Trinajstić information content (AvgIpc) is 2.92. The van der Waals surface area contributed by atoms with Crippen LogP contribution in [-0.2, 0) is 17.4 Å². The Labute approximate surface area is 224 Å². The minimum Gasteiger partial charge on any atom is -0.339 e. The molecule has 2 aliphatic rings. The summed E-state index contributed by atoms with van der Waals surface area (Å²) in [4.78, 5) is 30.9. The van der Waals surface area contributed by atoms with Crippen molar-refractivity contribution < 1.29 is 22.8 Å². The van der Waals surface area contributed by atoms with Gasteiger partial charge in [-0.2, -0.15) is 13.2 Å². The average molecular weight is 537 g/mol. The molecule has 1 saturated heterocycles. The summed E-state index contributed by atoms with van der Waals surface area (Å²) in [5.74, 6) is 0.247. The van der Waals surface area contributed by atoms with Crippen molar-refractivity contribution >= 4 is 35.3 Å². The van der Waals surface area contributed by atoms with E-state index in [1.165, 1.54) is 34.4 Å². The lowest BCUT2D eigenvalue weighted by Gasteiger charge is -2.33. The van der Waals surface area contributed by atoms with Crippen LogP contribution in [0.25, 0.3) is 6.08 Å². The molecule has 0 spiro atoms. The second-order valence-electron chi connectivity index (χ2n) is 9.70. The molecule has 2 aliphatic heterocycles. The Bertz CT molecular complexity index is 1360. The van der Waals surface area contributed by atoms with Crippen LogP contribution in [0.1, 0.15) is 39.9 Å². The number of rotatable bonds is 4. The first-order chi connectivity index (χ1) is 18.2. The van der Waals surface area contributed by atoms with E-state index >= 15 is 0 Å². The number of carbonyl (C=O) groups excluding carboxylic acids is 2. The number of nitrogens with zero attached hydrogens (tertiary/aromatic N) is 2. The molecule has 0 saturated carbocycles. The van der Waals surface area contributed by atoms with Crippen LogP contribution >= 0.6 is 11.8 Å². The molecule has 3 aromatic rings. The van der Waals surface area contributed by atoms with Gasteiger partial charge in [0.2, 0.25) is 0 Å². The van der Waals surface area contributed by atoms with E-state index in [1.54, 1.807) is 25.3 Å². The normalized spacial score (nSPS) is 17.6. The van der Waals surface area contributed by atoms with E-state index in [2.05, 4.69) is 24.3 Å². The van der Waals surface area contributed by atoms with Gasteiger partial charge < -0.3 is 9.80 Å². The highest BCUT2D eigenvalue weighted by molar-refractivity contribution is 8.04. The van der Waals surface area contributed by atoms with Gasteiger partial charge in [0.15, 0.2) is 0 Å². The Morgan fingerprint density at radius 2 is 1.68 bits per heavy atom. The van der Waals surface area contributed by atoms with Crippen molar-refractivity contribution in [2.24, 2.45) is 5.92 Å². The number of benzene rings is 3. The van der Waals surface area contributed by atoms with E-state index < -0.39 is 11.7 Å². The first-order valence-electron chi connectivity index (χ1n) is 12.5. The monoisotopic (exact) mass is 536 g/mol. The molecule has 0 bridgehead atoms. The second kappa shape index (κ2) is 10.7. The lowest BCUT2D eigenvalue weighted by atomic mass is 9.90. The highest BCUT2D eigenvalue weighted by Crippen LogP contribution is 2.42. The number of piperidine rings is 1. The summed E-state index contributed by atoms with van der Waals surface area (Å²) < 4.78 is 38.6. The third-order valence-electron chi connectivity index (χ3n) is 7.11. The number of hydrogen-bond acceptors (Lipinski definition) is 3. The third kappa shape index (κ3) is 5.65. The maximum absolute atomic E-state index is 13.3. The number of hydrogen-bond donors (Lipinski definition) is 0. The summed E-state index contributed by atoms with van der Waals surface area (Å²) in [5.41, 5.74) is 2.29. The van der Waals surface area contributed by atoms with Crippen molar-refractivity contribution in [3.63, 3.8) is 0 Å². The van der Waals surface area contributed by atoms with Crippen LogP contribution in [0, 0.1) is 5.92 Å². The standard InChI is InChI=1S/C30H27F3N2O2S/c1-34-25-19-23(28(36)35-15-13-22(14-16-35)17-20-5-3-2-4-6-20)9-12-26(25)38-27(29(34)37)18-21-7-10-24(11-8-21)30(31,32)33/h2-12,18-19,22H,13-17H2,1H3/b27-18-. The number of alkyl halides is 3. The Morgan fingerprint density at radius 1 is 1.00 bits per heavy atom. The molecule has 196 valence electrons. The summed E-state index contributed by atoms with van der Waals surface area (Å²) in [6.45, 7) is 1.41. The van der Waals surface area contributed by atoms with Crippen molar-refractivity contribution in [3.05, 3.63) is 100.0 Å². The highest BCUT2D eigenvalue weighted by Gasteiger charge is 2.31. The van der Waals surface area contributed by atoms with Crippen LogP contribution in [0.3, 0.4) is 0 Å². The van der Waals surface area contributed by atoms with Gasteiger partial charge in [-0.05, 0) is 72.7 Å². The zero-order chi connectivity index (χ0) is 26.9. The van der Waals surface area contributed by atoms with Gasteiger partial charge >= 0.3 is 6.18 Å². The van der Waals surface area contributed by atoms with Gasteiger partial charge in [-0.25, -0.2) is 0 Å². The van der Waals surface area contributed by atoms with Gasteiger partial charge in [-0.1, -0.05) is 54.2 Å². The maximum Gasteiger partial charge on any atom is 0.416 e. The van der Waals surface area contributed by atoms with Crippen LogP contribution in [0.4, 0.5) is 18.9 Å². The van der Waals surface area contributed by atoms with E-state index in [9.17, 15) is 22.8 Å². The molecule has 0 aliphatic carbocycles. The molecule has 5 rings (SSSR count). The number of anilines is 1. The van der Waals surface area contributed by atoms with Crippen LogP contribution in [-0.4, -0.2) is 36.9 Å². The molecular weight excluding hydrogens is 509 g/mol. The zero-order valence-corrected chi connectivity index (χ0v) is 21.7. The minimum absolute atomic E-state index is 0.0390. The molecule has 3 aromatic carbocycles. The summed E-state index contributed by atoms with van der Waals surface area (Å²) >= 11 is 1.25. The largest absolute Gasteiger partial charge is 0.416 e.